The molecule has 0 spiro atoms. The highest BCUT2D eigenvalue weighted by molar-refractivity contribution is 6.30. The minimum absolute atomic E-state index is 0.00190. The number of rotatable bonds is 5. The van der Waals surface area contributed by atoms with Gasteiger partial charge in [0.2, 0.25) is 0 Å². The SMILES string of the molecule is CC1CC(C)C(OC(=O)CC#N)C(C)C1.CC1CC(C)C(OC(=O)c2c(-c3ccc(Cl)cc3)c[nH]c2N)C(C)C1. The summed E-state index contributed by atoms with van der Waals surface area (Å²) in [7, 11) is 0. The van der Waals surface area contributed by atoms with Gasteiger partial charge in [-0.15, -0.1) is 0 Å². The van der Waals surface area contributed by atoms with Crippen molar-refractivity contribution in [3.05, 3.63) is 41.0 Å². The molecule has 8 heteroatoms. The third-order valence-corrected chi connectivity index (χ3v) is 8.60. The number of nitriles is 1. The molecule has 3 N–H and O–H groups in total. The number of esters is 2. The molecular weight excluding hydrogens is 526 g/mol. The van der Waals surface area contributed by atoms with Gasteiger partial charge >= 0.3 is 11.9 Å². The number of hydrogen-bond acceptors (Lipinski definition) is 6. The molecule has 4 atom stereocenters. The summed E-state index contributed by atoms with van der Waals surface area (Å²) in [5, 5.41) is 9.04. The highest BCUT2D eigenvalue weighted by Gasteiger charge is 2.36. The number of benzene rings is 1. The molecule has 218 valence electrons. The van der Waals surface area contributed by atoms with Crippen molar-refractivity contribution >= 4 is 29.4 Å². The number of aromatic amines is 1. The van der Waals surface area contributed by atoms with Gasteiger partial charge < -0.3 is 20.2 Å². The van der Waals surface area contributed by atoms with Gasteiger partial charge in [0.25, 0.3) is 0 Å². The number of nitrogens with zero attached hydrogens (tertiary/aromatic N) is 1. The Balaban J connectivity index is 0.000000252. The first kappa shape index (κ1) is 31.5. The Kier molecular flexibility index (Phi) is 11.1. The van der Waals surface area contributed by atoms with Gasteiger partial charge in [-0.25, -0.2) is 4.79 Å². The maximum absolute atomic E-state index is 12.9. The Morgan fingerprint density at radius 3 is 1.85 bits per heavy atom. The summed E-state index contributed by atoms with van der Waals surface area (Å²) in [6, 6.07) is 9.15. The van der Waals surface area contributed by atoms with Crippen LogP contribution in [0.2, 0.25) is 5.02 Å². The molecule has 2 aliphatic carbocycles. The van der Waals surface area contributed by atoms with Crippen molar-refractivity contribution in [2.75, 3.05) is 5.73 Å². The molecule has 7 nitrogen and oxygen atoms in total. The molecule has 2 saturated carbocycles. The highest BCUT2D eigenvalue weighted by atomic mass is 35.5. The van der Waals surface area contributed by atoms with Crippen LogP contribution in [0.25, 0.3) is 11.1 Å². The lowest BCUT2D eigenvalue weighted by atomic mass is 9.75. The summed E-state index contributed by atoms with van der Waals surface area (Å²) in [5.41, 5.74) is 8.04. The normalized spacial score (nSPS) is 29.9. The van der Waals surface area contributed by atoms with Gasteiger partial charge in [-0.3, -0.25) is 4.79 Å². The fourth-order valence-corrected chi connectivity index (χ4v) is 6.94. The Bertz CT molecular complexity index is 1160. The second-order valence-corrected chi connectivity index (χ2v) is 12.7. The van der Waals surface area contributed by atoms with Crippen LogP contribution in [0.3, 0.4) is 0 Å². The zero-order valence-corrected chi connectivity index (χ0v) is 25.3. The molecule has 0 saturated heterocycles. The molecule has 0 radical (unpaired) electrons. The molecule has 0 aliphatic heterocycles. The van der Waals surface area contributed by atoms with Crippen molar-refractivity contribution in [3.63, 3.8) is 0 Å². The summed E-state index contributed by atoms with van der Waals surface area (Å²) in [6.07, 6.45) is 5.91. The predicted octanol–water partition coefficient (Wildman–Crippen LogP) is 7.66. The Morgan fingerprint density at radius 2 is 1.38 bits per heavy atom. The van der Waals surface area contributed by atoms with E-state index in [2.05, 4.69) is 46.5 Å². The fourth-order valence-electron chi connectivity index (χ4n) is 6.81. The highest BCUT2D eigenvalue weighted by Crippen LogP contribution is 2.37. The number of anilines is 1. The number of H-pyrrole nitrogens is 1. The Morgan fingerprint density at radius 1 is 0.900 bits per heavy atom. The van der Waals surface area contributed by atoms with Crippen molar-refractivity contribution in [2.24, 2.45) is 35.5 Å². The second kappa shape index (κ2) is 14.1. The molecule has 2 aliphatic rings. The number of aromatic nitrogens is 1. The van der Waals surface area contributed by atoms with Gasteiger partial charge in [0, 0.05) is 16.8 Å². The number of carbonyl (C=O) groups excluding carboxylic acids is 2. The Labute approximate surface area is 243 Å². The van der Waals surface area contributed by atoms with E-state index in [1.807, 2.05) is 18.2 Å². The topological polar surface area (TPSA) is 118 Å². The van der Waals surface area contributed by atoms with E-state index in [1.165, 1.54) is 0 Å². The van der Waals surface area contributed by atoms with Crippen LogP contribution in [0, 0.1) is 46.8 Å². The molecule has 1 aromatic heterocycles. The molecule has 0 bridgehead atoms. The summed E-state index contributed by atoms with van der Waals surface area (Å²) in [6.45, 7) is 13.1. The maximum Gasteiger partial charge on any atom is 0.342 e. The fraction of sp³-hybridized carbons (Fsp3) is 0.594. The van der Waals surface area contributed by atoms with Gasteiger partial charge in [0.1, 0.15) is 30.0 Å². The molecule has 1 heterocycles. The monoisotopic (exact) mass is 569 g/mol. The van der Waals surface area contributed by atoms with Crippen LogP contribution in [0.15, 0.2) is 30.5 Å². The lowest BCUT2D eigenvalue weighted by Gasteiger charge is -2.37. The zero-order valence-electron chi connectivity index (χ0n) is 24.6. The van der Waals surface area contributed by atoms with Gasteiger partial charge in [-0.05, 0) is 78.9 Å². The van der Waals surface area contributed by atoms with E-state index in [0.717, 1.165) is 36.8 Å². The molecule has 40 heavy (non-hydrogen) atoms. The van der Waals surface area contributed by atoms with E-state index < -0.39 is 0 Å². The summed E-state index contributed by atoms with van der Waals surface area (Å²) >= 11 is 5.96. The number of nitrogen functional groups attached to an aromatic ring is 1. The minimum Gasteiger partial charge on any atom is -0.461 e. The van der Waals surface area contributed by atoms with Crippen LogP contribution >= 0.6 is 11.6 Å². The first-order valence-corrected chi connectivity index (χ1v) is 14.8. The largest absolute Gasteiger partial charge is 0.461 e. The quantitative estimate of drug-likeness (QED) is 0.357. The van der Waals surface area contributed by atoms with E-state index in [4.69, 9.17) is 32.1 Å². The first-order chi connectivity index (χ1) is 18.9. The van der Waals surface area contributed by atoms with Crippen LogP contribution < -0.4 is 5.73 Å². The third-order valence-electron chi connectivity index (χ3n) is 8.34. The molecule has 2 fully saturated rings. The van der Waals surface area contributed by atoms with Gasteiger partial charge in [-0.2, -0.15) is 5.26 Å². The van der Waals surface area contributed by atoms with Crippen LogP contribution in [-0.2, 0) is 14.3 Å². The number of nitrogens with two attached hydrogens (primary N) is 1. The van der Waals surface area contributed by atoms with Gasteiger partial charge in [0.05, 0.1) is 6.07 Å². The maximum atomic E-state index is 12.9. The van der Waals surface area contributed by atoms with Crippen molar-refractivity contribution in [3.8, 4) is 17.2 Å². The molecular formula is C32H44ClN3O4. The number of halogens is 1. The zero-order chi connectivity index (χ0) is 29.6. The van der Waals surface area contributed by atoms with E-state index >= 15 is 0 Å². The van der Waals surface area contributed by atoms with Crippen molar-refractivity contribution in [1.82, 2.24) is 4.98 Å². The predicted molar refractivity (Wildman–Crippen MR) is 158 cm³/mol. The van der Waals surface area contributed by atoms with Crippen molar-refractivity contribution < 1.29 is 19.1 Å². The van der Waals surface area contributed by atoms with Crippen molar-refractivity contribution in [1.29, 1.82) is 5.26 Å². The number of ether oxygens (including phenoxy) is 2. The van der Waals surface area contributed by atoms with Gasteiger partial charge in [0.15, 0.2) is 0 Å². The second-order valence-electron chi connectivity index (χ2n) is 12.2. The summed E-state index contributed by atoms with van der Waals surface area (Å²) in [5.74, 6) is 2.49. The van der Waals surface area contributed by atoms with E-state index in [0.29, 0.717) is 51.9 Å². The number of hydrogen-bond donors (Lipinski definition) is 2. The summed E-state index contributed by atoms with van der Waals surface area (Å²) < 4.78 is 11.3. The first-order valence-electron chi connectivity index (χ1n) is 14.4. The average Bonchev–Trinajstić information content (AvgIpc) is 3.26. The van der Waals surface area contributed by atoms with Crippen LogP contribution in [0.1, 0.15) is 84.0 Å². The third kappa shape index (κ3) is 8.04. The molecule has 1 aromatic carbocycles. The average molecular weight is 570 g/mol. The van der Waals surface area contributed by atoms with E-state index in [1.54, 1.807) is 18.3 Å². The molecule has 4 unspecified atom stereocenters. The standard InChI is InChI=1S/C20H25ClN2O2.C12H19NO2/c1-11-8-12(2)18(13(3)9-11)25-20(24)17-16(10-23-19(17)22)14-4-6-15(21)7-5-14;1-8-6-9(2)12(10(3)7-8)15-11(14)4-5-13/h4-7,10-13,18,23H,8-9,22H2,1-3H3;8-10,12H,4,6-7H2,1-3H3. The molecule has 4 rings (SSSR count). The lowest BCUT2D eigenvalue weighted by Crippen LogP contribution is -2.37. The number of nitrogens with one attached hydrogen (secondary N) is 1. The minimum atomic E-state index is -0.379. The Hall–Kier alpha value is -2.98. The van der Waals surface area contributed by atoms with E-state index in [9.17, 15) is 9.59 Å². The van der Waals surface area contributed by atoms with Crippen LogP contribution in [0.5, 0.6) is 0 Å². The smallest absolute Gasteiger partial charge is 0.342 e. The van der Waals surface area contributed by atoms with E-state index in [-0.39, 0.29) is 30.6 Å². The summed E-state index contributed by atoms with van der Waals surface area (Å²) in [4.78, 5) is 27.1. The van der Waals surface area contributed by atoms with Crippen LogP contribution in [0.4, 0.5) is 5.82 Å². The number of carbonyl (C=O) groups is 2. The van der Waals surface area contributed by atoms with Crippen LogP contribution in [-0.4, -0.2) is 29.1 Å². The molecule has 2 aromatic rings. The van der Waals surface area contributed by atoms with Crippen molar-refractivity contribution in [2.45, 2.75) is 85.9 Å². The molecule has 0 amide bonds. The lowest BCUT2D eigenvalue weighted by molar-refractivity contribution is -0.156. The van der Waals surface area contributed by atoms with Gasteiger partial charge in [-0.1, -0.05) is 65.3 Å².